The second-order valence-electron chi connectivity index (χ2n) is 19.7. The molecule has 1 fully saturated rings. The maximum atomic E-state index is 7.88. The number of para-hydroxylation sites is 2. The molecule has 0 amide bonds. The van der Waals surface area contributed by atoms with E-state index in [2.05, 4.69) is 148 Å². The lowest BCUT2D eigenvalue weighted by Gasteiger charge is -2.61. The van der Waals surface area contributed by atoms with Crippen LogP contribution in [0.5, 0.6) is 0 Å². The molecule has 0 aromatic heterocycles. The third-order valence-corrected chi connectivity index (χ3v) is 16.3. The summed E-state index contributed by atoms with van der Waals surface area (Å²) in [5.41, 5.74) is 14.1. The zero-order valence-electron chi connectivity index (χ0n) is 41.8. The highest BCUT2D eigenvalue weighted by atomic mass is 15.3. The van der Waals surface area contributed by atoms with Gasteiger partial charge in [-0.1, -0.05) is 210 Å². The second-order valence-corrected chi connectivity index (χ2v) is 19.7. The van der Waals surface area contributed by atoms with Gasteiger partial charge in [-0.3, -0.25) is 0 Å². The van der Waals surface area contributed by atoms with Crippen molar-refractivity contribution in [1.82, 2.24) is 0 Å². The summed E-state index contributed by atoms with van der Waals surface area (Å²) in [6.07, 6.45) is 12.2. The highest BCUT2D eigenvalue weighted by molar-refractivity contribution is 5.82. The second kappa shape index (κ2) is 19.4. The Hall–Kier alpha value is -3.26. The quantitative estimate of drug-likeness (QED) is 0.238. The molecule has 0 bridgehead atoms. The minimum absolute atomic E-state index is 0. The lowest BCUT2D eigenvalue weighted by Crippen LogP contribution is -2.63. The van der Waals surface area contributed by atoms with Crippen LogP contribution in [0.15, 0.2) is 72.3 Å². The average molecular weight is 824 g/mol. The van der Waals surface area contributed by atoms with Crippen molar-refractivity contribution in [3.05, 3.63) is 111 Å². The average Bonchev–Trinajstić information content (AvgIpc) is 3.74. The molecule has 8 rings (SSSR count). The Morgan fingerprint density at radius 2 is 0.983 bits per heavy atom. The molecule has 1 saturated carbocycles. The van der Waals surface area contributed by atoms with Crippen LogP contribution in [0, 0.1) is 44.4 Å². The minimum Gasteiger partial charge on any atom is -0.358 e. The number of benzene rings is 3. The fourth-order valence-electron chi connectivity index (χ4n) is 11.1. The first-order valence-corrected chi connectivity index (χ1v) is 22.2. The third-order valence-electron chi connectivity index (χ3n) is 16.3. The van der Waals surface area contributed by atoms with Gasteiger partial charge < -0.3 is 9.80 Å². The van der Waals surface area contributed by atoms with Crippen molar-refractivity contribution < 1.29 is 4.11 Å². The Balaban J connectivity index is 0.000000557. The third kappa shape index (κ3) is 8.21. The van der Waals surface area contributed by atoms with Crippen LogP contribution < -0.4 is 9.80 Å². The number of anilines is 2. The monoisotopic (exact) mass is 824 g/mol. The van der Waals surface area contributed by atoms with Gasteiger partial charge in [-0.2, -0.15) is 0 Å². The summed E-state index contributed by atoms with van der Waals surface area (Å²) in [7, 11) is 0. The van der Waals surface area contributed by atoms with Crippen LogP contribution in [0.4, 0.5) is 11.4 Å². The lowest BCUT2D eigenvalue weighted by atomic mass is 9.52. The maximum Gasteiger partial charge on any atom is 0.0626 e. The molecule has 0 spiro atoms. The van der Waals surface area contributed by atoms with E-state index in [4.69, 9.17) is 4.11 Å². The number of nitrogens with zero attached hydrogens (tertiary/aromatic N) is 2. The van der Waals surface area contributed by atoms with Crippen molar-refractivity contribution in [3.8, 4) is 0 Å². The Bertz CT molecular complexity index is 2070. The standard InChI is InChI=1S/C26H33N.C24H35N.2C2H6.4CH4/c1-17-12-18(2)14-20(13-17)21-15-26(8)25(6,7)24(4,5)22-11-9-10-19(3)23(22)27(26)16-21;1-17-11-10-14-20-21(17)25-16-19(18-12-8-7-9-13-18)15-24(25,6)23(4,5)22(20,2)3;2*1-2;;;;/h9-15H,16H2,1-8H3;10-11,14-15,18H,7-9,12-13,16H2,1-6H3;2*1-2H3;4*1H4/i1D3;;;;;;;. The molecule has 0 saturated heterocycles. The van der Waals surface area contributed by atoms with Gasteiger partial charge in [-0.25, -0.2) is 0 Å². The fraction of sp³-hybridized carbons (Fsp3) is 0.621. The van der Waals surface area contributed by atoms with Gasteiger partial charge in [-0.05, 0) is 110 Å². The summed E-state index contributed by atoms with van der Waals surface area (Å²) in [4.78, 5) is 5.31. The number of rotatable bonds is 2. The van der Waals surface area contributed by atoms with E-state index in [9.17, 15) is 0 Å². The summed E-state index contributed by atoms with van der Waals surface area (Å²) in [6, 6.07) is 19.3. The number of fused-ring (bicyclic) bond motifs is 6. The van der Waals surface area contributed by atoms with Gasteiger partial charge in [0.15, 0.2) is 0 Å². The van der Waals surface area contributed by atoms with Gasteiger partial charge in [-0.15, -0.1) is 0 Å². The van der Waals surface area contributed by atoms with E-state index in [0.717, 1.165) is 30.1 Å². The Kier molecular flexibility index (Phi) is 16.0. The van der Waals surface area contributed by atoms with Crippen LogP contribution in [0.2, 0.25) is 0 Å². The van der Waals surface area contributed by atoms with Gasteiger partial charge in [0.1, 0.15) is 0 Å². The SMILES string of the molecule is C.C.C.C.CC.CC.Cc1cccc2c1N1CC(C3CCCCC3)=CC1(C)C(C)(C)C2(C)C.[2H]C([2H])([2H])c1cc(C)cc(C2=CC3(C)N(C2)c2c(C)cccc2C(C)(C)C3(C)C)c1. The molecule has 5 aliphatic rings. The summed E-state index contributed by atoms with van der Waals surface area (Å²) in [5, 5.41) is 0. The van der Waals surface area contributed by atoms with Crippen molar-refractivity contribution in [2.24, 2.45) is 16.7 Å². The van der Waals surface area contributed by atoms with E-state index in [0.29, 0.717) is 5.56 Å². The predicted octanol–water partition coefficient (Wildman–Crippen LogP) is 17.6. The molecule has 0 N–H and O–H groups in total. The molecule has 1 aliphatic carbocycles. The van der Waals surface area contributed by atoms with Crippen LogP contribution in [0.25, 0.3) is 5.57 Å². The van der Waals surface area contributed by atoms with Crippen molar-refractivity contribution >= 4 is 16.9 Å². The molecule has 2 unspecified atom stereocenters. The molecular formula is C58H96N2. The molecule has 60 heavy (non-hydrogen) atoms. The molecule has 3 aromatic rings. The number of hydrogen-bond acceptors (Lipinski definition) is 2. The molecule has 2 atom stereocenters. The van der Waals surface area contributed by atoms with Gasteiger partial charge in [0.05, 0.1) is 11.1 Å². The smallest absolute Gasteiger partial charge is 0.0626 e. The highest BCUT2D eigenvalue weighted by Gasteiger charge is 2.61. The van der Waals surface area contributed by atoms with Crippen molar-refractivity contribution in [1.29, 1.82) is 0 Å². The van der Waals surface area contributed by atoms with Crippen LogP contribution in [0.3, 0.4) is 0 Å². The van der Waals surface area contributed by atoms with Gasteiger partial charge in [0.25, 0.3) is 0 Å². The first kappa shape index (κ1) is 49.4. The number of aryl methyl sites for hydroxylation is 4. The van der Waals surface area contributed by atoms with E-state index >= 15 is 0 Å². The summed E-state index contributed by atoms with van der Waals surface area (Å²) in [5.74, 6) is 0.822. The predicted molar refractivity (Wildman–Crippen MR) is 276 cm³/mol. The van der Waals surface area contributed by atoms with Gasteiger partial charge in [0.2, 0.25) is 0 Å². The van der Waals surface area contributed by atoms with E-state index in [1.165, 1.54) is 71.3 Å². The first-order valence-electron chi connectivity index (χ1n) is 23.7. The van der Waals surface area contributed by atoms with Gasteiger partial charge >= 0.3 is 0 Å². The van der Waals surface area contributed by atoms with Crippen LogP contribution >= 0.6 is 0 Å². The van der Waals surface area contributed by atoms with E-state index in [1.807, 2.05) is 40.7 Å². The molecule has 3 aromatic carbocycles. The summed E-state index contributed by atoms with van der Waals surface area (Å²) < 4.78 is 23.6. The first-order chi connectivity index (χ1) is 27.4. The topological polar surface area (TPSA) is 6.48 Å². The van der Waals surface area contributed by atoms with Crippen molar-refractivity contribution in [3.63, 3.8) is 0 Å². The molecule has 0 radical (unpaired) electrons. The van der Waals surface area contributed by atoms with E-state index in [1.54, 1.807) is 11.6 Å². The van der Waals surface area contributed by atoms with Crippen molar-refractivity contribution in [2.75, 3.05) is 22.9 Å². The maximum absolute atomic E-state index is 7.88. The Morgan fingerprint density at radius 3 is 1.45 bits per heavy atom. The zero-order chi connectivity index (χ0) is 44.3. The normalized spacial score (nSPS) is 25.2. The Labute approximate surface area is 379 Å². The lowest BCUT2D eigenvalue weighted by molar-refractivity contribution is 0.102. The van der Waals surface area contributed by atoms with Gasteiger partial charge in [0, 0.05) is 39.4 Å². The zero-order valence-corrected chi connectivity index (χ0v) is 38.8. The summed E-state index contributed by atoms with van der Waals surface area (Å²) in [6.45, 7) is 38.5. The van der Waals surface area contributed by atoms with Crippen LogP contribution in [-0.4, -0.2) is 24.2 Å². The fourth-order valence-corrected chi connectivity index (χ4v) is 11.1. The van der Waals surface area contributed by atoms with E-state index in [-0.39, 0.29) is 62.4 Å². The molecule has 4 heterocycles. The highest BCUT2D eigenvalue weighted by Crippen LogP contribution is 2.63. The summed E-state index contributed by atoms with van der Waals surface area (Å²) >= 11 is 0. The van der Waals surface area contributed by atoms with Crippen molar-refractivity contribution in [2.45, 2.75) is 208 Å². The van der Waals surface area contributed by atoms with E-state index < -0.39 is 6.85 Å². The number of hydrogen-bond donors (Lipinski definition) is 0. The minimum atomic E-state index is -2.10. The molecule has 4 aliphatic heterocycles. The Morgan fingerprint density at radius 1 is 0.550 bits per heavy atom. The molecule has 338 valence electrons. The van der Waals surface area contributed by atoms with Crippen LogP contribution in [0.1, 0.15) is 202 Å². The van der Waals surface area contributed by atoms with Crippen LogP contribution in [-0.2, 0) is 10.8 Å². The largest absolute Gasteiger partial charge is 0.358 e. The molecule has 2 heteroatoms. The molecular weight excluding hydrogens is 725 g/mol. The molecule has 2 nitrogen and oxygen atoms in total.